The van der Waals surface area contributed by atoms with Crippen LogP contribution in [0.5, 0.6) is 0 Å². The van der Waals surface area contributed by atoms with E-state index in [4.69, 9.17) is 4.74 Å². The Hall–Kier alpha value is -1.74. The average Bonchev–Trinajstić information content (AvgIpc) is 2.58. The van der Waals surface area contributed by atoms with Gasteiger partial charge in [-0.05, 0) is 30.0 Å². The first-order valence-corrected chi connectivity index (χ1v) is 8.60. The first-order chi connectivity index (χ1) is 10.7. The summed E-state index contributed by atoms with van der Waals surface area (Å²) in [4.78, 5) is 13.0. The molecule has 0 unspecified atom stereocenters. The van der Waals surface area contributed by atoms with Gasteiger partial charge < -0.3 is 4.74 Å². The fraction of sp³-hybridized carbons (Fsp3) is 0.316. The summed E-state index contributed by atoms with van der Waals surface area (Å²) in [5.74, 6) is 1.41. The second-order valence-electron chi connectivity index (χ2n) is 5.41. The third-order valence-corrected chi connectivity index (χ3v) is 4.70. The third kappa shape index (κ3) is 6.35. The molecule has 0 bridgehead atoms. The first kappa shape index (κ1) is 16.6. The summed E-state index contributed by atoms with van der Waals surface area (Å²) in [6.45, 7) is 2.55. The molecule has 0 spiro atoms. The quantitative estimate of drug-likeness (QED) is 0.510. The standard InChI is InChI=1S/C19H22O2S/c1-16(15-22-18-10-6-3-7-11-18)12-13-19(20)21-14-17-8-4-2-5-9-17/h2-11,16H,12-15H2,1H3/t16-/m1/s1. The lowest BCUT2D eigenvalue weighted by atomic mass is 10.1. The number of hydrogen-bond acceptors (Lipinski definition) is 3. The lowest BCUT2D eigenvalue weighted by Gasteiger charge is -2.11. The Kier molecular flexibility index (Phi) is 7.04. The molecule has 0 aliphatic rings. The molecular formula is C19H22O2S. The summed E-state index contributed by atoms with van der Waals surface area (Å²) >= 11 is 1.84. The Morgan fingerprint density at radius 1 is 1.05 bits per heavy atom. The summed E-state index contributed by atoms with van der Waals surface area (Å²) in [6, 6.07) is 20.1. The molecule has 2 aromatic carbocycles. The number of carbonyl (C=O) groups excluding carboxylic acids is 1. The summed E-state index contributed by atoms with van der Waals surface area (Å²) < 4.78 is 5.30. The number of esters is 1. The molecule has 0 aromatic heterocycles. The molecule has 2 nitrogen and oxygen atoms in total. The minimum Gasteiger partial charge on any atom is -0.461 e. The number of hydrogen-bond donors (Lipinski definition) is 0. The Labute approximate surface area is 136 Å². The van der Waals surface area contributed by atoms with Gasteiger partial charge in [-0.25, -0.2) is 0 Å². The first-order valence-electron chi connectivity index (χ1n) is 7.61. The largest absolute Gasteiger partial charge is 0.461 e. The average molecular weight is 314 g/mol. The zero-order valence-electron chi connectivity index (χ0n) is 12.9. The molecule has 0 saturated heterocycles. The Morgan fingerprint density at radius 2 is 1.68 bits per heavy atom. The smallest absolute Gasteiger partial charge is 0.306 e. The zero-order valence-corrected chi connectivity index (χ0v) is 13.7. The van der Waals surface area contributed by atoms with Crippen molar-refractivity contribution in [2.45, 2.75) is 31.3 Å². The van der Waals surface area contributed by atoms with Crippen LogP contribution in [0, 0.1) is 5.92 Å². The zero-order chi connectivity index (χ0) is 15.6. The van der Waals surface area contributed by atoms with E-state index in [9.17, 15) is 4.79 Å². The minimum atomic E-state index is -0.111. The number of thioether (sulfide) groups is 1. The lowest BCUT2D eigenvalue weighted by Crippen LogP contribution is -2.08. The van der Waals surface area contributed by atoms with E-state index in [2.05, 4.69) is 19.1 Å². The predicted molar refractivity (Wildman–Crippen MR) is 91.8 cm³/mol. The molecule has 116 valence electrons. The maximum atomic E-state index is 11.8. The van der Waals surface area contributed by atoms with E-state index in [1.165, 1.54) is 4.90 Å². The van der Waals surface area contributed by atoms with Gasteiger partial charge in [0.1, 0.15) is 6.61 Å². The molecule has 0 fully saturated rings. The van der Waals surface area contributed by atoms with Crippen LogP contribution in [0.25, 0.3) is 0 Å². The van der Waals surface area contributed by atoms with Gasteiger partial charge in [-0.2, -0.15) is 0 Å². The fourth-order valence-corrected chi connectivity index (χ4v) is 3.01. The Bertz CT molecular complexity index is 554. The van der Waals surface area contributed by atoms with E-state index in [1.54, 1.807) is 0 Å². The molecule has 0 heterocycles. The molecule has 2 aromatic rings. The van der Waals surface area contributed by atoms with E-state index in [0.29, 0.717) is 18.9 Å². The number of ether oxygens (including phenoxy) is 1. The van der Waals surface area contributed by atoms with Gasteiger partial charge in [0.25, 0.3) is 0 Å². The SMILES string of the molecule is C[C@H](CCC(=O)OCc1ccccc1)CSc1ccccc1. The van der Waals surface area contributed by atoms with Gasteiger partial charge in [-0.3, -0.25) is 4.79 Å². The third-order valence-electron chi connectivity index (χ3n) is 3.36. The Balaban J connectivity index is 1.61. The highest BCUT2D eigenvalue weighted by Crippen LogP contribution is 2.22. The van der Waals surface area contributed by atoms with Crippen molar-refractivity contribution in [2.24, 2.45) is 5.92 Å². The maximum absolute atomic E-state index is 11.8. The molecule has 0 saturated carbocycles. The molecule has 2 rings (SSSR count). The molecular weight excluding hydrogens is 292 g/mol. The number of rotatable bonds is 8. The maximum Gasteiger partial charge on any atom is 0.306 e. The van der Waals surface area contributed by atoms with Crippen LogP contribution in [0.2, 0.25) is 0 Å². The van der Waals surface area contributed by atoms with Gasteiger partial charge in [0.15, 0.2) is 0 Å². The van der Waals surface area contributed by atoms with Crippen molar-refractivity contribution in [3.63, 3.8) is 0 Å². The van der Waals surface area contributed by atoms with Gasteiger partial charge in [-0.15, -0.1) is 11.8 Å². The van der Waals surface area contributed by atoms with Gasteiger partial charge in [-0.1, -0.05) is 55.5 Å². The molecule has 0 N–H and O–H groups in total. The minimum absolute atomic E-state index is 0.111. The second-order valence-corrected chi connectivity index (χ2v) is 6.51. The monoisotopic (exact) mass is 314 g/mol. The molecule has 0 aliphatic carbocycles. The van der Waals surface area contributed by atoms with Gasteiger partial charge in [0.2, 0.25) is 0 Å². The highest BCUT2D eigenvalue weighted by Gasteiger charge is 2.08. The summed E-state index contributed by atoms with van der Waals surface area (Å²) in [6.07, 6.45) is 1.36. The van der Waals surface area contributed by atoms with Crippen molar-refractivity contribution >= 4 is 17.7 Å². The van der Waals surface area contributed by atoms with Crippen molar-refractivity contribution in [1.29, 1.82) is 0 Å². The highest BCUT2D eigenvalue weighted by atomic mass is 32.2. The van der Waals surface area contributed by atoms with Crippen LogP contribution in [-0.4, -0.2) is 11.7 Å². The van der Waals surface area contributed by atoms with Crippen LogP contribution < -0.4 is 0 Å². The second kappa shape index (κ2) is 9.31. The molecule has 1 atom stereocenters. The van der Waals surface area contributed by atoms with Crippen LogP contribution >= 0.6 is 11.8 Å². The molecule has 0 radical (unpaired) electrons. The van der Waals surface area contributed by atoms with Crippen LogP contribution in [0.1, 0.15) is 25.3 Å². The number of benzene rings is 2. The fourth-order valence-electron chi connectivity index (χ4n) is 2.01. The van der Waals surface area contributed by atoms with E-state index in [1.807, 2.05) is 60.3 Å². The van der Waals surface area contributed by atoms with E-state index >= 15 is 0 Å². The van der Waals surface area contributed by atoms with Crippen molar-refractivity contribution in [3.8, 4) is 0 Å². The van der Waals surface area contributed by atoms with Crippen LogP contribution in [-0.2, 0) is 16.1 Å². The van der Waals surface area contributed by atoms with E-state index in [0.717, 1.165) is 17.7 Å². The van der Waals surface area contributed by atoms with Gasteiger partial charge in [0, 0.05) is 17.1 Å². The molecule has 22 heavy (non-hydrogen) atoms. The summed E-state index contributed by atoms with van der Waals surface area (Å²) in [5, 5.41) is 0. The molecule has 0 aliphatic heterocycles. The van der Waals surface area contributed by atoms with Crippen LogP contribution in [0.3, 0.4) is 0 Å². The van der Waals surface area contributed by atoms with Crippen molar-refractivity contribution < 1.29 is 9.53 Å². The molecule has 0 amide bonds. The summed E-state index contributed by atoms with van der Waals surface area (Å²) in [5.41, 5.74) is 1.03. The van der Waals surface area contributed by atoms with Crippen molar-refractivity contribution in [1.82, 2.24) is 0 Å². The highest BCUT2D eigenvalue weighted by molar-refractivity contribution is 7.99. The Morgan fingerprint density at radius 3 is 2.36 bits per heavy atom. The van der Waals surface area contributed by atoms with E-state index in [-0.39, 0.29) is 5.97 Å². The molecule has 3 heteroatoms. The van der Waals surface area contributed by atoms with Crippen molar-refractivity contribution in [3.05, 3.63) is 66.2 Å². The predicted octanol–water partition coefficient (Wildman–Crippen LogP) is 4.94. The topological polar surface area (TPSA) is 26.3 Å². The van der Waals surface area contributed by atoms with E-state index < -0.39 is 0 Å². The van der Waals surface area contributed by atoms with Crippen molar-refractivity contribution in [2.75, 3.05) is 5.75 Å². The van der Waals surface area contributed by atoms with Gasteiger partial charge >= 0.3 is 5.97 Å². The normalized spacial score (nSPS) is 11.9. The lowest BCUT2D eigenvalue weighted by molar-refractivity contribution is -0.145. The summed E-state index contributed by atoms with van der Waals surface area (Å²) in [7, 11) is 0. The van der Waals surface area contributed by atoms with Gasteiger partial charge in [0.05, 0.1) is 0 Å². The number of carbonyl (C=O) groups is 1. The van der Waals surface area contributed by atoms with Crippen LogP contribution in [0.4, 0.5) is 0 Å². The van der Waals surface area contributed by atoms with Crippen LogP contribution in [0.15, 0.2) is 65.6 Å².